The molecule has 0 spiro atoms. The van der Waals surface area contributed by atoms with Crippen LogP contribution >= 0.6 is 15.9 Å². The molecule has 1 aliphatic rings. The molecule has 0 atom stereocenters. The molecule has 0 aromatic heterocycles. The molecule has 3 rings (SSSR count). The normalized spacial score (nSPS) is 13.2. The zero-order valence-corrected chi connectivity index (χ0v) is 11.2. The summed E-state index contributed by atoms with van der Waals surface area (Å²) in [5, 5.41) is 0. The molecule has 2 aromatic rings. The van der Waals surface area contributed by atoms with Gasteiger partial charge in [0.1, 0.15) is 0 Å². The van der Waals surface area contributed by atoms with Gasteiger partial charge in [-0.3, -0.25) is 9.59 Å². The summed E-state index contributed by atoms with van der Waals surface area (Å²) in [4.78, 5) is 24.9. The molecule has 0 saturated carbocycles. The first-order valence-electron chi connectivity index (χ1n) is 5.59. The van der Waals surface area contributed by atoms with E-state index in [0.717, 1.165) is 5.56 Å². The number of carbonyl (C=O) groups excluding carboxylic acids is 2. The summed E-state index contributed by atoms with van der Waals surface area (Å²) in [7, 11) is 0. The maximum atomic E-state index is 12.5. The zero-order valence-electron chi connectivity index (χ0n) is 9.66. The molecule has 18 heavy (non-hydrogen) atoms. The minimum Gasteiger partial charge on any atom is -0.289 e. The molecule has 0 saturated heterocycles. The first-order valence-corrected chi connectivity index (χ1v) is 6.38. The third-order valence-electron chi connectivity index (χ3n) is 3.23. The highest BCUT2D eigenvalue weighted by molar-refractivity contribution is 9.10. The van der Waals surface area contributed by atoms with E-state index in [0.29, 0.717) is 26.7 Å². The number of fused-ring (bicyclic) bond motifs is 2. The molecule has 0 amide bonds. The van der Waals surface area contributed by atoms with Gasteiger partial charge in [-0.15, -0.1) is 0 Å². The van der Waals surface area contributed by atoms with Gasteiger partial charge in [0.2, 0.25) is 0 Å². The zero-order chi connectivity index (χ0) is 12.9. The Labute approximate surface area is 113 Å². The molecular weight excluding hydrogens is 292 g/mol. The Morgan fingerprint density at radius 2 is 1.44 bits per heavy atom. The average Bonchev–Trinajstić information content (AvgIpc) is 2.35. The van der Waals surface area contributed by atoms with E-state index in [1.54, 1.807) is 24.3 Å². The van der Waals surface area contributed by atoms with Crippen molar-refractivity contribution in [2.75, 3.05) is 0 Å². The third kappa shape index (κ3) is 1.40. The van der Waals surface area contributed by atoms with Gasteiger partial charge < -0.3 is 0 Å². The highest BCUT2D eigenvalue weighted by Gasteiger charge is 2.31. The van der Waals surface area contributed by atoms with Crippen LogP contribution in [-0.2, 0) is 0 Å². The molecule has 0 bridgehead atoms. The second kappa shape index (κ2) is 3.89. The van der Waals surface area contributed by atoms with E-state index >= 15 is 0 Å². The van der Waals surface area contributed by atoms with Gasteiger partial charge in [-0.1, -0.05) is 46.3 Å². The predicted molar refractivity (Wildman–Crippen MR) is 72.2 cm³/mol. The summed E-state index contributed by atoms with van der Waals surface area (Å²) in [6, 6.07) is 10.6. The van der Waals surface area contributed by atoms with E-state index in [4.69, 9.17) is 0 Å². The van der Waals surface area contributed by atoms with Crippen LogP contribution in [0.3, 0.4) is 0 Å². The Morgan fingerprint density at radius 1 is 0.833 bits per heavy atom. The van der Waals surface area contributed by atoms with E-state index in [2.05, 4.69) is 15.9 Å². The number of ketones is 2. The Hall–Kier alpha value is -1.74. The minimum atomic E-state index is -0.0791. The Morgan fingerprint density at radius 3 is 2.17 bits per heavy atom. The average molecular weight is 301 g/mol. The van der Waals surface area contributed by atoms with Gasteiger partial charge in [0.25, 0.3) is 0 Å². The molecule has 0 radical (unpaired) electrons. The lowest BCUT2D eigenvalue weighted by Gasteiger charge is -2.19. The van der Waals surface area contributed by atoms with Gasteiger partial charge in [-0.2, -0.15) is 0 Å². The van der Waals surface area contributed by atoms with Crippen molar-refractivity contribution in [1.82, 2.24) is 0 Å². The number of halogens is 1. The Balaban J connectivity index is 2.40. The van der Waals surface area contributed by atoms with Gasteiger partial charge in [0, 0.05) is 26.7 Å². The van der Waals surface area contributed by atoms with Crippen molar-refractivity contribution in [3.8, 4) is 0 Å². The van der Waals surface area contributed by atoms with Gasteiger partial charge in [0.05, 0.1) is 0 Å². The van der Waals surface area contributed by atoms with Crippen molar-refractivity contribution in [2.45, 2.75) is 6.92 Å². The molecule has 2 nitrogen and oxygen atoms in total. The van der Waals surface area contributed by atoms with Gasteiger partial charge in [-0.25, -0.2) is 0 Å². The smallest absolute Gasteiger partial charge is 0.195 e. The number of carbonyl (C=O) groups is 2. The van der Waals surface area contributed by atoms with Crippen molar-refractivity contribution in [3.05, 3.63) is 68.7 Å². The topological polar surface area (TPSA) is 34.1 Å². The highest BCUT2D eigenvalue weighted by Crippen LogP contribution is 2.33. The molecule has 2 aromatic carbocycles. The van der Waals surface area contributed by atoms with Crippen LogP contribution in [0.4, 0.5) is 0 Å². The summed E-state index contributed by atoms with van der Waals surface area (Å²) in [5.41, 5.74) is 2.83. The Kier molecular flexibility index (Phi) is 2.45. The van der Waals surface area contributed by atoms with Crippen molar-refractivity contribution < 1.29 is 9.59 Å². The van der Waals surface area contributed by atoms with E-state index in [1.807, 2.05) is 19.1 Å². The summed E-state index contributed by atoms with van der Waals surface area (Å²) < 4.78 is 0.673. The van der Waals surface area contributed by atoms with Crippen LogP contribution in [0.25, 0.3) is 0 Å². The first kappa shape index (κ1) is 11.4. The van der Waals surface area contributed by atoms with Crippen LogP contribution in [0.5, 0.6) is 0 Å². The van der Waals surface area contributed by atoms with Crippen LogP contribution in [0.2, 0.25) is 0 Å². The molecule has 0 unspecified atom stereocenters. The lowest BCUT2D eigenvalue weighted by molar-refractivity contribution is 0.0978. The monoisotopic (exact) mass is 300 g/mol. The molecular formula is C15H9BrO2. The summed E-state index contributed by atoms with van der Waals surface area (Å²) in [6.45, 7) is 1.85. The SMILES string of the molecule is Cc1cccc2c1C(=O)c1c(Br)cccc1C2=O. The summed E-state index contributed by atoms with van der Waals surface area (Å²) in [5.74, 6) is -0.158. The predicted octanol–water partition coefficient (Wildman–Crippen LogP) is 3.53. The van der Waals surface area contributed by atoms with Gasteiger partial charge in [-0.05, 0) is 18.6 Å². The fourth-order valence-electron chi connectivity index (χ4n) is 2.37. The molecule has 3 heteroatoms. The fourth-order valence-corrected chi connectivity index (χ4v) is 2.92. The van der Waals surface area contributed by atoms with Crippen molar-refractivity contribution >= 4 is 27.5 Å². The van der Waals surface area contributed by atoms with Crippen LogP contribution < -0.4 is 0 Å². The molecule has 0 heterocycles. The molecule has 1 aliphatic carbocycles. The van der Waals surface area contributed by atoms with Crippen molar-refractivity contribution in [1.29, 1.82) is 0 Å². The van der Waals surface area contributed by atoms with E-state index in [-0.39, 0.29) is 11.6 Å². The van der Waals surface area contributed by atoms with Crippen LogP contribution in [0.15, 0.2) is 40.9 Å². The van der Waals surface area contributed by atoms with Gasteiger partial charge in [0.15, 0.2) is 11.6 Å². The number of hydrogen-bond acceptors (Lipinski definition) is 2. The Bertz CT molecular complexity index is 644. The molecule has 0 fully saturated rings. The second-order valence-electron chi connectivity index (χ2n) is 4.32. The number of benzene rings is 2. The molecule has 0 aliphatic heterocycles. The van der Waals surface area contributed by atoms with Crippen LogP contribution in [0.1, 0.15) is 37.4 Å². The number of aryl methyl sites for hydroxylation is 1. The second-order valence-corrected chi connectivity index (χ2v) is 5.17. The van der Waals surface area contributed by atoms with E-state index in [9.17, 15) is 9.59 Å². The molecule has 88 valence electrons. The van der Waals surface area contributed by atoms with Crippen LogP contribution in [0, 0.1) is 6.92 Å². The van der Waals surface area contributed by atoms with Crippen molar-refractivity contribution in [3.63, 3.8) is 0 Å². The van der Waals surface area contributed by atoms with E-state index in [1.165, 1.54) is 0 Å². The van der Waals surface area contributed by atoms with E-state index < -0.39 is 0 Å². The highest BCUT2D eigenvalue weighted by atomic mass is 79.9. The maximum absolute atomic E-state index is 12.5. The number of hydrogen-bond donors (Lipinski definition) is 0. The maximum Gasteiger partial charge on any atom is 0.195 e. The lowest BCUT2D eigenvalue weighted by Crippen LogP contribution is -2.22. The van der Waals surface area contributed by atoms with Crippen LogP contribution in [-0.4, -0.2) is 11.6 Å². The first-order chi connectivity index (χ1) is 8.61. The summed E-state index contributed by atoms with van der Waals surface area (Å²) in [6.07, 6.45) is 0. The quantitative estimate of drug-likeness (QED) is 0.636. The lowest BCUT2D eigenvalue weighted by atomic mass is 9.82. The number of rotatable bonds is 0. The standard InChI is InChI=1S/C15H9BrO2/c1-8-4-2-5-9-12(8)15(18)13-10(14(9)17)6-3-7-11(13)16/h2-7H,1H3. The van der Waals surface area contributed by atoms with Crippen molar-refractivity contribution in [2.24, 2.45) is 0 Å². The molecule has 0 N–H and O–H groups in total. The van der Waals surface area contributed by atoms with Gasteiger partial charge >= 0.3 is 0 Å². The minimum absolute atomic E-state index is 0.0785. The third-order valence-corrected chi connectivity index (χ3v) is 3.89. The summed E-state index contributed by atoms with van der Waals surface area (Å²) >= 11 is 3.35. The largest absolute Gasteiger partial charge is 0.289 e. The fraction of sp³-hybridized carbons (Fsp3) is 0.0667.